The fourth-order valence-electron chi connectivity index (χ4n) is 3.67. The highest BCUT2D eigenvalue weighted by atomic mass is 16.3. The number of fused-ring (bicyclic) bond motifs is 1. The monoisotopic (exact) mass is 363 g/mol. The molecule has 1 fully saturated rings. The molecule has 4 rings (SSSR count). The molecule has 2 heterocycles. The molecule has 0 unspecified atom stereocenters. The second kappa shape index (κ2) is 7.72. The van der Waals surface area contributed by atoms with Gasteiger partial charge in [0, 0.05) is 44.2 Å². The molecule has 0 aliphatic carbocycles. The lowest BCUT2D eigenvalue weighted by Crippen LogP contribution is -2.49. The average molecular weight is 363 g/mol. The number of nitrogens with zero attached hydrogens (tertiary/aromatic N) is 3. The predicted octanol–water partition coefficient (Wildman–Crippen LogP) is 2.92. The van der Waals surface area contributed by atoms with E-state index in [1.165, 1.54) is 6.39 Å². The van der Waals surface area contributed by atoms with Gasteiger partial charge in [-0.2, -0.15) is 0 Å². The first-order valence-corrected chi connectivity index (χ1v) is 9.11. The Morgan fingerprint density at radius 2 is 1.89 bits per heavy atom. The van der Waals surface area contributed by atoms with Crippen LogP contribution in [0, 0.1) is 0 Å². The molecule has 0 spiro atoms. The summed E-state index contributed by atoms with van der Waals surface area (Å²) in [4.78, 5) is 32.3. The second-order valence-corrected chi connectivity index (χ2v) is 6.69. The van der Waals surface area contributed by atoms with Crippen LogP contribution in [0.3, 0.4) is 0 Å². The average Bonchev–Trinajstić information content (AvgIpc) is 3.20. The van der Waals surface area contributed by atoms with Crippen molar-refractivity contribution in [1.82, 2.24) is 14.8 Å². The molecule has 6 heteroatoms. The van der Waals surface area contributed by atoms with Crippen LogP contribution in [0.15, 0.2) is 59.3 Å². The Balaban J connectivity index is 1.44. The van der Waals surface area contributed by atoms with Gasteiger partial charge in [0.15, 0.2) is 12.0 Å². The van der Waals surface area contributed by atoms with Gasteiger partial charge in [0.25, 0.3) is 5.91 Å². The fourth-order valence-corrected chi connectivity index (χ4v) is 3.67. The summed E-state index contributed by atoms with van der Waals surface area (Å²) in [5.74, 6) is 0.00574. The van der Waals surface area contributed by atoms with Crippen molar-refractivity contribution in [2.75, 3.05) is 26.2 Å². The van der Waals surface area contributed by atoms with Crippen LogP contribution in [-0.4, -0.2) is 53.2 Å². The van der Waals surface area contributed by atoms with Crippen molar-refractivity contribution >= 4 is 23.3 Å². The lowest BCUT2D eigenvalue weighted by molar-refractivity contribution is -0.109. The Labute approximate surface area is 157 Å². The number of amides is 1. The van der Waals surface area contributed by atoms with Gasteiger partial charge in [0.2, 0.25) is 0 Å². The van der Waals surface area contributed by atoms with E-state index in [2.05, 4.69) is 22.0 Å². The molecule has 0 saturated carbocycles. The van der Waals surface area contributed by atoms with Crippen LogP contribution in [0.1, 0.15) is 28.4 Å². The zero-order chi connectivity index (χ0) is 18.6. The second-order valence-electron chi connectivity index (χ2n) is 6.69. The van der Waals surface area contributed by atoms with E-state index in [1.54, 1.807) is 18.2 Å². The Morgan fingerprint density at radius 3 is 2.63 bits per heavy atom. The van der Waals surface area contributed by atoms with Crippen LogP contribution in [0.25, 0.3) is 11.1 Å². The van der Waals surface area contributed by atoms with Crippen molar-refractivity contribution in [3.63, 3.8) is 0 Å². The number of carbonyl (C=O) groups is 2. The Bertz CT molecular complexity index is 930. The summed E-state index contributed by atoms with van der Waals surface area (Å²) in [6.45, 7) is 2.76. The number of oxazole rings is 1. The first kappa shape index (κ1) is 17.4. The molecule has 0 radical (unpaired) electrons. The predicted molar refractivity (Wildman–Crippen MR) is 101 cm³/mol. The van der Waals surface area contributed by atoms with E-state index >= 15 is 0 Å². The normalized spacial score (nSPS) is 16.4. The van der Waals surface area contributed by atoms with Gasteiger partial charge >= 0.3 is 0 Å². The molecule has 27 heavy (non-hydrogen) atoms. The quantitative estimate of drug-likeness (QED) is 0.652. The minimum atomic E-state index is 0.00574. The molecular formula is C21H21N3O3. The molecule has 1 atom stereocenters. The fraction of sp³-hybridized carbons (Fsp3) is 0.286. The minimum absolute atomic E-state index is 0.00574. The van der Waals surface area contributed by atoms with Gasteiger partial charge in [-0.25, -0.2) is 4.98 Å². The molecule has 1 aromatic heterocycles. The third-order valence-corrected chi connectivity index (χ3v) is 5.12. The van der Waals surface area contributed by atoms with Gasteiger partial charge in [-0.05, 0) is 23.8 Å². The van der Waals surface area contributed by atoms with E-state index in [1.807, 2.05) is 23.1 Å². The summed E-state index contributed by atoms with van der Waals surface area (Å²) in [5, 5.41) is 0. The minimum Gasteiger partial charge on any atom is -0.443 e. The van der Waals surface area contributed by atoms with Gasteiger partial charge in [-0.1, -0.05) is 30.3 Å². The Morgan fingerprint density at radius 1 is 1.11 bits per heavy atom. The summed E-state index contributed by atoms with van der Waals surface area (Å²) in [6.07, 6.45) is 2.82. The summed E-state index contributed by atoms with van der Waals surface area (Å²) < 4.78 is 5.23. The highest BCUT2D eigenvalue weighted by Gasteiger charge is 2.27. The van der Waals surface area contributed by atoms with E-state index in [4.69, 9.17) is 4.42 Å². The third-order valence-electron chi connectivity index (χ3n) is 5.12. The maximum absolute atomic E-state index is 12.8. The molecule has 2 aromatic carbocycles. The molecule has 1 saturated heterocycles. The van der Waals surface area contributed by atoms with Crippen molar-refractivity contribution < 1.29 is 14.0 Å². The third kappa shape index (κ3) is 3.61. The topological polar surface area (TPSA) is 66.7 Å². The standard InChI is InChI=1S/C21H21N3O3/c25-13-8-19(16-4-2-1-3-5-16)23-9-11-24(12-10-23)21(26)17-6-7-20-18(14-17)22-15-27-20/h1-7,13-15,19H,8-12H2/t19-/m0/s1. The van der Waals surface area contributed by atoms with Gasteiger partial charge in [-0.15, -0.1) is 0 Å². The molecule has 138 valence electrons. The molecule has 0 N–H and O–H groups in total. The van der Waals surface area contributed by atoms with E-state index in [0.717, 1.165) is 24.9 Å². The number of piperazine rings is 1. The van der Waals surface area contributed by atoms with Gasteiger partial charge in [0.05, 0.1) is 0 Å². The van der Waals surface area contributed by atoms with Gasteiger partial charge < -0.3 is 14.1 Å². The van der Waals surface area contributed by atoms with E-state index in [-0.39, 0.29) is 11.9 Å². The van der Waals surface area contributed by atoms with Crippen LogP contribution < -0.4 is 0 Å². The summed E-state index contributed by atoms with van der Waals surface area (Å²) in [7, 11) is 0. The molecule has 6 nitrogen and oxygen atoms in total. The van der Waals surface area contributed by atoms with E-state index < -0.39 is 0 Å². The zero-order valence-corrected chi connectivity index (χ0v) is 15.0. The van der Waals surface area contributed by atoms with Crippen LogP contribution in [0.2, 0.25) is 0 Å². The molecular weight excluding hydrogens is 342 g/mol. The highest BCUT2D eigenvalue weighted by Crippen LogP contribution is 2.25. The SMILES string of the molecule is O=CC[C@@H](c1ccccc1)N1CCN(C(=O)c2ccc3ocnc3c2)CC1. The summed E-state index contributed by atoms with van der Waals surface area (Å²) in [6, 6.07) is 15.5. The number of carbonyl (C=O) groups excluding carboxylic acids is 2. The molecule has 1 amide bonds. The lowest BCUT2D eigenvalue weighted by Gasteiger charge is -2.39. The number of benzene rings is 2. The van der Waals surface area contributed by atoms with Gasteiger partial charge in [-0.3, -0.25) is 9.69 Å². The first-order valence-electron chi connectivity index (χ1n) is 9.11. The smallest absolute Gasteiger partial charge is 0.254 e. The molecule has 3 aromatic rings. The Kier molecular flexibility index (Phi) is 4.98. The first-order chi connectivity index (χ1) is 13.3. The van der Waals surface area contributed by atoms with Crippen molar-refractivity contribution in [3.05, 3.63) is 66.1 Å². The van der Waals surface area contributed by atoms with Crippen LogP contribution >= 0.6 is 0 Å². The van der Waals surface area contributed by atoms with Crippen molar-refractivity contribution in [1.29, 1.82) is 0 Å². The van der Waals surface area contributed by atoms with Crippen LogP contribution in [0.4, 0.5) is 0 Å². The number of aldehydes is 1. The summed E-state index contributed by atoms with van der Waals surface area (Å²) >= 11 is 0. The Hall–Kier alpha value is -2.99. The van der Waals surface area contributed by atoms with Crippen LogP contribution in [-0.2, 0) is 4.79 Å². The van der Waals surface area contributed by atoms with Crippen molar-refractivity contribution in [3.8, 4) is 0 Å². The van der Waals surface area contributed by atoms with Crippen molar-refractivity contribution in [2.24, 2.45) is 0 Å². The zero-order valence-electron chi connectivity index (χ0n) is 15.0. The highest BCUT2D eigenvalue weighted by molar-refractivity contribution is 5.97. The maximum atomic E-state index is 12.8. The van der Waals surface area contributed by atoms with Crippen molar-refractivity contribution in [2.45, 2.75) is 12.5 Å². The van der Waals surface area contributed by atoms with Gasteiger partial charge in [0.1, 0.15) is 11.8 Å². The summed E-state index contributed by atoms with van der Waals surface area (Å²) in [5.41, 5.74) is 3.13. The van der Waals surface area contributed by atoms with Crippen LogP contribution in [0.5, 0.6) is 0 Å². The molecule has 1 aliphatic heterocycles. The largest absolute Gasteiger partial charge is 0.443 e. The number of hydrogen-bond donors (Lipinski definition) is 0. The van der Waals surface area contributed by atoms with E-state index in [9.17, 15) is 9.59 Å². The molecule has 0 bridgehead atoms. The number of hydrogen-bond acceptors (Lipinski definition) is 5. The number of rotatable bonds is 5. The number of aromatic nitrogens is 1. The van der Waals surface area contributed by atoms with E-state index in [0.29, 0.717) is 36.2 Å². The maximum Gasteiger partial charge on any atom is 0.254 e. The molecule has 1 aliphatic rings. The lowest BCUT2D eigenvalue weighted by atomic mass is 10.0.